The molecule has 4 atom stereocenters. The molecule has 3 heterocycles. The first kappa shape index (κ1) is 13.5. The minimum absolute atomic E-state index is 0.165. The predicted molar refractivity (Wildman–Crippen MR) is 70.0 cm³/mol. The Morgan fingerprint density at radius 2 is 2.15 bits per heavy atom. The van der Waals surface area contributed by atoms with E-state index in [0.717, 1.165) is 0 Å². The zero-order valence-electron chi connectivity index (χ0n) is 10.2. The highest BCUT2D eigenvalue weighted by atomic mass is 35.5. The molecule has 5 N–H and O–H groups in total. The van der Waals surface area contributed by atoms with Crippen molar-refractivity contribution in [3.63, 3.8) is 0 Å². The molecule has 1 saturated heterocycles. The molecule has 108 valence electrons. The van der Waals surface area contributed by atoms with E-state index in [0.29, 0.717) is 11.0 Å². The van der Waals surface area contributed by atoms with Gasteiger partial charge < -0.3 is 30.4 Å². The maximum Gasteiger partial charge on any atom is 0.164 e. The van der Waals surface area contributed by atoms with Crippen molar-refractivity contribution in [3.8, 4) is 0 Å². The zero-order valence-corrected chi connectivity index (χ0v) is 11.0. The third-order valence-electron chi connectivity index (χ3n) is 3.35. The number of imidazole rings is 1. The van der Waals surface area contributed by atoms with Crippen molar-refractivity contribution in [1.29, 1.82) is 0 Å². The number of fused-ring (bicyclic) bond motifs is 1. The first-order chi connectivity index (χ1) is 9.52. The summed E-state index contributed by atoms with van der Waals surface area (Å²) in [6, 6.07) is 1.54. The lowest BCUT2D eigenvalue weighted by Gasteiger charge is -2.17. The molecule has 1 fully saturated rings. The van der Waals surface area contributed by atoms with Crippen LogP contribution in [0.15, 0.2) is 12.4 Å². The number of rotatable bonds is 2. The average Bonchev–Trinajstić information content (AvgIpc) is 2.93. The Morgan fingerprint density at radius 1 is 1.40 bits per heavy atom. The third kappa shape index (κ3) is 1.93. The summed E-state index contributed by atoms with van der Waals surface area (Å²) in [7, 11) is 0. The Bertz CT molecular complexity index is 649. The molecule has 1 aliphatic rings. The van der Waals surface area contributed by atoms with Crippen LogP contribution < -0.4 is 5.73 Å². The van der Waals surface area contributed by atoms with Crippen LogP contribution in [0.1, 0.15) is 6.23 Å². The molecule has 9 heteroatoms. The van der Waals surface area contributed by atoms with Crippen LogP contribution in [0.4, 0.5) is 5.82 Å². The topological polar surface area (TPSA) is 127 Å². The highest BCUT2D eigenvalue weighted by Crippen LogP contribution is 2.33. The molecule has 0 unspecified atom stereocenters. The van der Waals surface area contributed by atoms with Gasteiger partial charge in [-0.1, -0.05) is 11.6 Å². The van der Waals surface area contributed by atoms with Crippen molar-refractivity contribution >= 4 is 28.5 Å². The van der Waals surface area contributed by atoms with E-state index in [1.165, 1.54) is 17.0 Å². The Labute approximate surface area is 118 Å². The van der Waals surface area contributed by atoms with E-state index in [2.05, 4.69) is 9.97 Å². The Morgan fingerprint density at radius 3 is 2.80 bits per heavy atom. The van der Waals surface area contributed by atoms with Crippen LogP contribution in [-0.4, -0.2) is 54.8 Å². The van der Waals surface area contributed by atoms with Crippen molar-refractivity contribution in [1.82, 2.24) is 14.5 Å². The van der Waals surface area contributed by atoms with Crippen molar-refractivity contribution in [3.05, 3.63) is 17.5 Å². The van der Waals surface area contributed by atoms with Gasteiger partial charge in [-0.15, -0.1) is 0 Å². The van der Waals surface area contributed by atoms with Gasteiger partial charge in [0.25, 0.3) is 0 Å². The van der Waals surface area contributed by atoms with Gasteiger partial charge in [0.2, 0.25) is 0 Å². The van der Waals surface area contributed by atoms with E-state index in [1.54, 1.807) is 0 Å². The summed E-state index contributed by atoms with van der Waals surface area (Å²) in [5, 5.41) is 29.1. The molecule has 8 nitrogen and oxygen atoms in total. The second kappa shape index (κ2) is 4.83. The summed E-state index contributed by atoms with van der Waals surface area (Å²) in [4.78, 5) is 7.98. The predicted octanol–water partition coefficient (Wildman–Crippen LogP) is -0.722. The van der Waals surface area contributed by atoms with Crippen LogP contribution in [0, 0.1) is 0 Å². The molecule has 0 saturated carbocycles. The van der Waals surface area contributed by atoms with Crippen LogP contribution in [0.2, 0.25) is 5.15 Å². The van der Waals surface area contributed by atoms with E-state index in [1.807, 2.05) is 0 Å². The number of ether oxygens (including phenoxy) is 1. The molecule has 2 aromatic heterocycles. The lowest BCUT2D eigenvalue weighted by atomic mass is 10.1. The molecular formula is C11H13ClN4O4. The second-order valence-corrected chi connectivity index (χ2v) is 4.97. The highest BCUT2D eigenvalue weighted by molar-refractivity contribution is 6.30. The van der Waals surface area contributed by atoms with Crippen molar-refractivity contribution in [2.75, 3.05) is 12.3 Å². The van der Waals surface area contributed by atoms with Crippen LogP contribution in [-0.2, 0) is 4.74 Å². The summed E-state index contributed by atoms with van der Waals surface area (Å²) < 4.78 is 6.94. The number of nitrogens with zero attached hydrogens (tertiary/aromatic N) is 3. The average molecular weight is 301 g/mol. The van der Waals surface area contributed by atoms with Gasteiger partial charge in [-0.25, -0.2) is 9.97 Å². The van der Waals surface area contributed by atoms with Crippen LogP contribution in [0.5, 0.6) is 0 Å². The summed E-state index contributed by atoms with van der Waals surface area (Å²) >= 11 is 5.86. The zero-order chi connectivity index (χ0) is 14.4. The molecule has 0 amide bonds. The van der Waals surface area contributed by atoms with Crippen molar-refractivity contribution in [2.45, 2.75) is 24.5 Å². The number of aliphatic hydroxyl groups is 3. The molecular weight excluding hydrogens is 288 g/mol. The van der Waals surface area contributed by atoms with Gasteiger partial charge in [0.1, 0.15) is 29.0 Å². The summed E-state index contributed by atoms with van der Waals surface area (Å²) in [6.07, 6.45) is -2.71. The Hall–Kier alpha value is -1.45. The number of nitrogens with two attached hydrogens (primary N) is 1. The first-order valence-electron chi connectivity index (χ1n) is 5.94. The third-order valence-corrected chi connectivity index (χ3v) is 3.54. The minimum atomic E-state index is -1.20. The number of hydrogen-bond donors (Lipinski definition) is 4. The van der Waals surface area contributed by atoms with Gasteiger partial charge >= 0.3 is 0 Å². The number of nitrogen functional groups attached to an aromatic ring is 1. The van der Waals surface area contributed by atoms with E-state index >= 15 is 0 Å². The smallest absolute Gasteiger partial charge is 0.164 e. The van der Waals surface area contributed by atoms with Crippen LogP contribution >= 0.6 is 11.6 Å². The standard InChI is InChI=1S/C11H13ClN4O4/c12-6-1-4-7(10(13)15-6)14-3-16(4)11-9(19)8(18)5(2-17)20-11/h1,3,5,8-9,11,17-19H,2H2,(H2,13,15)/t5-,8-,9-,11-/m1/s1. The number of aromatic nitrogens is 3. The highest BCUT2D eigenvalue weighted by Gasteiger charge is 2.43. The maximum atomic E-state index is 10.0. The molecule has 0 spiro atoms. The second-order valence-electron chi connectivity index (χ2n) is 4.58. The van der Waals surface area contributed by atoms with Gasteiger partial charge in [-0.05, 0) is 0 Å². The lowest BCUT2D eigenvalue weighted by molar-refractivity contribution is -0.0508. The van der Waals surface area contributed by atoms with Crippen LogP contribution in [0.25, 0.3) is 11.0 Å². The van der Waals surface area contributed by atoms with E-state index in [9.17, 15) is 10.2 Å². The molecule has 0 bridgehead atoms. The number of anilines is 1. The molecule has 2 aromatic rings. The molecule has 20 heavy (non-hydrogen) atoms. The Balaban J connectivity index is 2.07. The fourth-order valence-corrected chi connectivity index (χ4v) is 2.53. The number of pyridine rings is 1. The normalized spacial score (nSPS) is 30.2. The Kier molecular flexibility index (Phi) is 3.27. The van der Waals surface area contributed by atoms with Gasteiger partial charge in [0.15, 0.2) is 12.0 Å². The fourth-order valence-electron chi connectivity index (χ4n) is 2.34. The SMILES string of the molecule is Nc1nc(Cl)cc2c1ncn2[C@@H]1O[C@H](CO)[C@@H](O)[C@H]1O. The summed E-state index contributed by atoms with van der Waals surface area (Å²) in [5.41, 5.74) is 6.67. The number of aliphatic hydroxyl groups excluding tert-OH is 3. The summed E-state index contributed by atoms with van der Waals surface area (Å²) in [5.74, 6) is 0.165. The van der Waals surface area contributed by atoms with E-state index < -0.39 is 31.1 Å². The largest absolute Gasteiger partial charge is 0.394 e. The maximum absolute atomic E-state index is 10.0. The van der Waals surface area contributed by atoms with Crippen molar-refractivity contribution in [2.24, 2.45) is 0 Å². The quantitative estimate of drug-likeness (QED) is 0.539. The lowest BCUT2D eigenvalue weighted by Crippen LogP contribution is -2.33. The molecule has 0 aliphatic carbocycles. The fraction of sp³-hybridized carbons (Fsp3) is 0.455. The van der Waals surface area contributed by atoms with Gasteiger partial charge in [0, 0.05) is 6.07 Å². The summed E-state index contributed by atoms with van der Waals surface area (Å²) in [6.45, 7) is -0.397. The van der Waals surface area contributed by atoms with E-state index in [-0.39, 0.29) is 11.0 Å². The first-order valence-corrected chi connectivity index (χ1v) is 6.31. The molecule has 0 aromatic carbocycles. The molecule has 3 rings (SSSR count). The number of hydrogen-bond acceptors (Lipinski definition) is 7. The van der Waals surface area contributed by atoms with Crippen LogP contribution in [0.3, 0.4) is 0 Å². The van der Waals surface area contributed by atoms with Crippen molar-refractivity contribution < 1.29 is 20.1 Å². The van der Waals surface area contributed by atoms with Gasteiger partial charge in [-0.2, -0.15) is 0 Å². The van der Waals surface area contributed by atoms with E-state index in [4.69, 9.17) is 27.2 Å². The molecule has 0 radical (unpaired) electrons. The monoisotopic (exact) mass is 300 g/mol. The van der Waals surface area contributed by atoms with Gasteiger partial charge in [-0.3, -0.25) is 0 Å². The van der Waals surface area contributed by atoms with Gasteiger partial charge in [0.05, 0.1) is 18.5 Å². The minimum Gasteiger partial charge on any atom is -0.394 e. The number of halogens is 1. The molecule has 1 aliphatic heterocycles.